The minimum Gasteiger partial charge on any atom is -0.457 e. The Hall–Kier alpha value is -3.92. The lowest BCUT2D eigenvalue weighted by Gasteiger charge is -2.36. The van der Waals surface area contributed by atoms with Crippen LogP contribution in [0, 0.1) is 0 Å². The number of carbonyl (C=O) groups excluding carboxylic acids is 2. The van der Waals surface area contributed by atoms with Crippen molar-refractivity contribution >= 4 is 69.5 Å². The first-order valence-electron chi connectivity index (χ1n) is 12.3. The largest absolute Gasteiger partial charge is 0.457 e. The van der Waals surface area contributed by atoms with E-state index in [1.165, 1.54) is 17.4 Å². The molecule has 1 aliphatic heterocycles. The molecule has 3 heterocycles. The fraction of sp³-hybridized carbons (Fsp3) is 0.138. The summed E-state index contributed by atoms with van der Waals surface area (Å²) in [7, 11) is 0. The second kappa shape index (κ2) is 12.3. The predicted molar refractivity (Wildman–Crippen MR) is 161 cm³/mol. The van der Waals surface area contributed by atoms with Crippen LogP contribution in [0.2, 0.25) is 5.02 Å². The zero-order chi connectivity index (χ0) is 27.2. The summed E-state index contributed by atoms with van der Waals surface area (Å²) in [5.41, 5.74) is 2.50. The summed E-state index contributed by atoms with van der Waals surface area (Å²) in [6.45, 7) is 2.63. The van der Waals surface area contributed by atoms with Crippen molar-refractivity contribution in [3.8, 4) is 11.3 Å². The molecule has 2 aromatic heterocycles. The number of nitrogens with zero attached hydrogens (tertiary/aromatic N) is 2. The van der Waals surface area contributed by atoms with Gasteiger partial charge in [-0.2, -0.15) is 0 Å². The van der Waals surface area contributed by atoms with Crippen molar-refractivity contribution in [3.63, 3.8) is 0 Å². The Balaban J connectivity index is 1.11. The summed E-state index contributed by atoms with van der Waals surface area (Å²) < 4.78 is 5.78. The minimum atomic E-state index is -0.386. The second-order valence-corrected chi connectivity index (χ2v) is 10.5. The normalized spacial score (nSPS) is 13.5. The number of thiocarbonyl (C=S) groups is 1. The van der Waals surface area contributed by atoms with Crippen LogP contribution >= 0.6 is 35.2 Å². The van der Waals surface area contributed by atoms with E-state index in [1.54, 1.807) is 18.2 Å². The summed E-state index contributed by atoms with van der Waals surface area (Å²) in [4.78, 5) is 29.7. The van der Waals surface area contributed by atoms with Crippen LogP contribution in [0.5, 0.6) is 0 Å². The summed E-state index contributed by atoms with van der Waals surface area (Å²) in [5.74, 6) is 0.966. The third-order valence-corrected chi connectivity index (χ3v) is 7.53. The number of hydrogen-bond donors (Lipinski definition) is 2. The highest BCUT2D eigenvalue weighted by molar-refractivity contribution is 7.80. The molecule has 0 spiro atoms. The highest BCUT2D eigenvalue weighted by Crippen LogP contribution is 2.30. The SMILES string of the molecule is O=C(/C=C/c1ccc(-c2ccccc2)o1)NC(=S)Nc1ccc(N2CCN(C(=O)c3cccs3)CC2)c(Cl)c1. The smallest absolute Gasteiger partial charge is 0.264 e. The first-order chi connectivity index (χ1) is 19.0. The van der Waals surface area contributed by atoms with Gasteiger partial charge in [0.05, 0.1) is 15.6 Å². The minimum absolute atomic E-state index is 0.0711. The number of carbonyl (C=O) groups is 2. The first-order valence-corrected chi connectivity index (χ1v) is 14.0. The summed E-state index contributed by atoms with van der Waals surface area (Å²) >= 11 is 13.3. The third kappa shape index (κ3) is 6.75. The Morgan fingerprint density at radius 1 is 0.974 bits per heavy atom. The summed E-state index contributed by atoms with van der Waals surface area (Å²) in [5, 5.41) is 8.24. The molecule has 10 heteroatoms. The number of nitrogens with one attached hydrogen (secondary N) is 2. The molecule has 2 amide bonds. The molecule has 7 nitrogen and oxygen atoms in total. The van der Waals surface area contributed by atoms with Gasteiger partial charge >= 0.3 is 0 Å². The predicted octanol–water partition coefficient (Wildman–Crippen LogP) is 6.15. The standard InChI is InChI=1S/C29H25ClN4O3S2/c30-23-19-21(8-11-24(23)33-14-16-34(17-15-33)28(36)26-7-4-18-39-26)31-29(38)32-27(35)13-10-22-9-12-25(37-22)20-5-2-1-3-6-20/h1-13,18-19H,14-17H2,(H2,31,32,35,38)/b13-10+. The van der Waals surface area contributed by atoms with E-state index in [0.29, 0.717) is 42.6 Å². The number of anilines is 2. The Labute approximate surface area is 240 Å². The highest BCUT2D eigenvalue weighted by atomic mass is 35.5. The maximum absolute atomic E-state index is 12.6. The number of furan rings is 1. The fourth-order valence-corrected chi connectivity index (χ4v) is 5.43. The van der Waals surface area contributed by atoms with Crippen LogP contribution < -0.4 is 15.5 Å². The van der Waals surface area contributed by atoms with Crippen LogP contribution in [0.3, 0.4) is 0 Å². The van der Waals surface area contributed by atoms with Crippen molar-refractivity contribution < 1.29 is 14.0 Å². The summed E-state index contributed by atoms with van der Waals surface area (Å²) in [6, 6.07) is 22.7. The lowest BCUT2D eigenvalue weighted by molar-refractivity contribution is -0.115. The van der Waals surface area contributed by atoms with E-state index in [2.05, 4.69) is 15.5 Å². The lowest BCUT2D eigenvalue weighted by atomic mass is 10.2. The van der Waals surface area contributed by atoms with E-state index in [0.717, 1.165) is 21.9 Å². The molecule has 0 bridgehead atoms. The molecule has 39 heavy (non-hydrogen) atoms. The number of hydrogen-bond acceptors (Lipinski definition) is 6. The molecule has 2 aromatic carbocycles. The number of piperazine rings is 1. The molecule has 0 aliphatic carbocycles. The van der Waals surface area contributed by atoms with E-state index in [-0.39, 0.29) is 16.9 Å². The van der Waals surface area contributed by atoms with Crippen molar-refractivity contribution in [2.45, 2.75) is 0 Å². The maximum Gasteiger partial charge on any atom is 0.264 e. The van der Waals surface area contributed by atoms with Gasteiger partial charge < -0.3 is 19.5 Å². The lowest BCUT2D eigenvalue weighted by Crippen LogP contribution is -2.48. The van der Waals surface area contributed by atoms with Crippen molar-refractivity contribution in [1.82, 2.24) is 10.2 Å². The molecular formula is C29H25ClN4O3S2. The zero-order valence-electron chi connectivity index (χ0n) is 20.8. The van der Waals surface area contributed by atoms with Crippen LogP contribution in [-0.2, 0) is 4.79 Å². The van der Waals surface area contributed by atoms with Gasteiger partial charge in [-0.3, -0.25) is 14.9 Å². The second-order valence-electron chi connectivity index (χ2n) is 8.77. The van der Waals surface area contributed by atoms with Gasteiger partial charge in [0.25, 0.3) is 5.91 Å². The molecule has 1 fully saturated rings. The quantitative estimate of drug-likeness (QED) is 0.212. The van der Waals surface area contributed by atoms with Gasteiger partial charge in [-0.1, -0.05) is 48.0 Å². The molecule has 4 aromatic rings. The van der Waals surface area contributed by atoms with Gasteiger partial charge in [0.1, 0.15) is 11.5 Å². The van der Waals surface area contributed by atoms with Crippen LogP contribution in [0.1, 0.15) is 15.4 Å². The van der Waals surface area contributed by atoms with Gasteiger partial charge in [0, 0.05) is 43.5 Å². The van der Waals surface area contributed by atoms with E-state index >= 15 is 0 Å². The highest BCUT2D eigenvalue weighted by Gasteiger charge is 2.24. The van der Waals surface area contributed by atoms with E-state index in [1.807, 2.05) is 70.9 Å². The fourth-order valence-electron chi connectivity index (χ4n) is 4.22. The number of rotatable bonds is 6. The van der Waals surface area contributed by atoms with Gasteiger partial charge in [-0.25, -0.2) is 0 Å². The maximum atomic E-state index is 12.6. The van der Waals surface area contributed by atoms with Gasteiger partial charge in [-0.15, -0.1) is 11.3 Å². The average Bonchev–Trinajstić information content (AvgIpc) is 3.65. The van der Waals surface area contributed by atoms with Gasteiger partial charge in [-0.05, 0) is 60.1 Å². The summed E-state index contributed by atoms with van der Waals surface area (Å²) in [6.07, 6.45) is 2.95. The molecule has 198 valence electrons. The van der Waals surface area contributed by atoms with E-state index in [4.69, 9.17) is 28.2 Å². The molecule has 0 saturated carbocycles. The van der Waals surface area contributed by atoms with Crippen molar-refractivity contribution in [2.24, 2.45) is 0 Å². The number of halogens is 1. The van der Waals surface area contributed by atoms with Gasteiger partial charge in [0.15, 0.2) is 5.11 Å². The molecule has 0 unspecified atom stereocenters. The molecule has 1 saturated heterocycles. The van der Waals surface area contributed by atoms with Crippen LogP contribution in [-0.4, -0.2) is 48.0 Å². The average molecular weight is 577 g/mol. The van der Waals surface area contributed by atoms with Crippen LogP contribution in [0.15, 0.2) is 88.7 Å². The molecular weight excluding hydrogens is 552 g/mol. The Kier molecular flexibility index (Phi) is 8.41. The van der Waals surface area contributed by atoms with Gasteiger partial charge in [0.2, 0.25) is 5.91 Å². The molecule has 0 atom stereocenters. The molecule has 5 rings (SSSR count). The Morgan fingerprint density at radius 2 is 1.77 bits per heavy atom. The van der Waals surface area contributed by atoms with E-state index < -0.39 is 0 Å². The zero-order valence-corrected chi connectivity index (χ0v) is 23.2. The van der Waals surface area contributed by atoms with E-state index in [9.17, 15) is 9.59 Å². The molecule has 1 aliphatic rings. The Bertz CT molecular complexity index is 1490. The molecule has 0 radical (unpaired) electrons. The monoisotopic (exact) mass is 576 g/mol. The number of amides is 2. The first kappa shape index (κ1) is 26.7. The number of benzene rings is 2. The molecule has 2 N–H and O–H groups in total. The van der Waals surface area contributed by atoms with Crippen LogP contribution in [0.25, 0.3) is 17.4 Å². The van der Waals surface area contributed by atoms with Crippen LogP contribution in [0.4, 0.5) is 11.4 Å². The van der Waals surface area contributed by atoms with Crippen molar-refractivity contribution in [3.05, 3.63) is 99.9 Å². The van der Waals surface area contributed by atoms with Crippen molar-refractivity contribution in [1.29, 1.82) is 0 Å². The topological polar surface area (TPSA) is 77.8 Å². The van der Waals surface area contributed by atoms with Crippen molar-refractivity contribution in [2.75, 3.05) is 36.4 Å². The third-order valence-electron chi connectivity index (χ3n) is 6.17. The number of thiophene rings is 1. The Morgan fingerprint density at radius 3 is 2.49 bits per heavy atom.